The standard InChI is InChI=1S/C28H35BF5N2O3/c1-36(21(37)12-10-16-29)18-17-35-20(19-14-15-19)11-8-6-4-2-3-5-7-9-13-22(38)39-28-26(33)24(31)23(30)25(32)27(28)34/h10,12,16,35H,2-9,11,13-15,17-18H2,1H3/b12-10-. The van der Waals surface area contributed by atoms with Gasteiger partial charge in [-0.2, -0.15) is 8.78 Å². The maximum absolute atomic E-state index is 13.6. The van der Waals surface area contributed by atoms with Crippen molar-refractivity contribution in [2.24, 2.45) is 0 Å². The van der Waals surface area contributed by atoms with Crippen LogP contribution in [0, 0.1) is 29.1 Å². The van der Waals surface area contributed by atoms with E-state index in [2.05, 4.69) is 10.1 Å². The third kappa shape index (κ3) is 11.0. The number of hydrogen-bond donors (Lipinski definition) is 1. The van der Waals surface area contributed by atoms with Crippen molar-refractivity contribution in [2.75, 3.05) is 20.1 Å². The molecule has 1 aromatic rings. The molecular formula is C28H35BF5N2O3. The minimum absolute atomic E-state index is 0.0943. The number of nitrogens with zero attached hydrogens (tertiary/aromatic N) is 1. The number of unbranched alkanes of at least 4 members (excludes halogenated alkanes) is 7. The van der Waals surface area contributed by atoms with Crippen LogP contribution in [0.15, 0.2) is 23.4 Å². The van der Waals surface area contributed by atoms with Crippen LogP contribution in [0.25, 0.3) is 0 Å². The number of rotatable bonds is 18. The molecular weight excluding hydrogens is 518 g/mol. The van der Waals surface area contributed by atoms with Gasteiger partial charge in [0, 0.05) is 6.42 Å². The minimum atomic E-state index is -2.30. The number of amides is 1. The van der Waals surface area contributed by atoms with Gasteiger partial charge in [-0.25, -0.2) is 13.2 Å². The summed E-state index contributed by atoms with van der Waals surface area (Å²) in [5.41, 5.74) is 2.75. The van der Waals surface area contributed by atoms with Crippen molar-refractivity contribution < 1.29 is 36.3 Å². The summed E-state index contributed by atoms with van der Waals surface area (Å²) >= 11 is 0. The van der Waals surface area contributed by atoms with E-state index < -0.39 is 40.8 Å². The van der Waals surface area contributed by atoms with Crippen molar-refractivity contribution in [2.45, 2.75) is 77.0 Å². The molecule has 1 aromatic carbocycles. The van der Waals surface area contributed by atoms with E-state index >= 15 is 0 Å². The molecule has 0 bridgehead atoms. The second-order valence-electron chi connectivity index (χ2n) is 9.52. The molecule has 0 atom stereocenters. The van der Waals surface area contributed by atoms with Gasteiger partial charge in [-0.15, -0.1) is 0 Å². The number of esters is 1. The van der Waals surface area contributed by atoms with E-state index in [1.165, 1.54) is 29.4 Å². The van der Waals surface area contributed by atoms with E-state index in [9.17, 15) is 31.5 Å². The van der Waals surface area contributed by atoms with Crippen molar-refractivity contribution in [3.8, 4) is 5.75 Å². The van der Waals surface area contributed by atoms with Crippen LogP contribution in [-0.4, -0.2) is 50.4 Å². The van der Waals surface area contributed by atoms with Crippen molar-refractivity contribution in [3.63, 3.8) is 0 Å². The molecule has 1 N–H and O–H groups in total. The average molecular weight is 553 g/mol. The molecule has 0 aliphatic heterocycles. The van der Waals surface area contributed by atoms with Gasteiger partial charge in [0.05, 0.1) is 0 Å². The quantitative estimate of drug-likeness (QED) is 0.0365. The Labute approximate surface area is 227 Å². The van der Waals surface area contributed by atoms with Gasteiger partial charge >= 0.3 is 116 Å². The number of benzene rings is 1. The summed E-state index contributed by atoms with van der Waals surface area (Å²) in [6.07, 6.45) is 13.2. The number of halogens is 5. The molecule has 0 heterocycles. The zero-order chi connectivity index (χ0) is 28.8. The van der Waals surface area contributed by atoms with Gasteiger partial charge in [-0.3, -0.25) is 4.79 Å². The van der Waals surface area contributed by atoms with Crippen molar-refractivity contribution in [1.82, 2.24) is 10.2 Å². The summed E-state index contributed by atoms with van der Waals surface area (Å²) in [5.74, 6) is -12.3. The molecule has 39 heavy (non-hydrogen) atoms. The molecule has 0 unspecified atom stereocenters. The first-order valence-corrected chi connectivity index (χ1v) is 13.3. The second-order valence-corrected chi connectivity index (χ2v) is 9.52. The Morgan fingerprint density at radius 1 is 0.846 bits per heavy atom. The first-order chi connectivity index (χ1) is 18.7. The molecule has 11 heteroatoms. The topological polar surface area (TPSA) is 58.6 Å². The van der Waals surface area contributed by atoms with Gasteiger partial charge in [0.15, 0.2) is 0 Å². The van der Waals surface area contributed by atoms with Crippen LogP contribution in [0.2, 0.25) is 0 Å². The van der Waals surface area contributed by atoms with Crippen LogP contribution >= 0.6 is 0 Å². The summed E-state index contributed by atoms with van der Waals surface area (Å²) in [4.78, 5) is 25.3. The summed E-state index contributed by atoms with van der Waals surface area (Å²) in [5, 5.41) is 3.48. The molecule has 1 aliphatic carbocycles. The number of carbonyl (C=O) groups excluding carboxylic acids is 2. The van der Waals surface area contributed by atoms with Gasteiger partial charge in [-0.05, 0) is 6.42 Å². The van der Waals surface area contributed by atoms with Gasteiger partial charge in [0.2, 0.25) is 34.8 Å². The van der Waals surface area contributed by atoms with E-state index in [1.807, 2.05) is 0 Å². The summed E-state index contributed by atoms with van der Waals surface area (Å²) in [6, 6.07) is 0. The number of nitrogens with one attached hydrogen (secondary N) is 1. The molecule has 1 saturated carbocycles. The van der Waals surface area contributed by atoms with Crippen LogP contribution in [0.4, 0.5) is 22.0 Å². The Kier molecular flexibility index (Phi) is 13.9. The Balaban J connectivity index is 1.53. The average Bonchev–Trinajstić information content (AvgIpc) is 3.77. The van der Waals surface area contributed by atoms with Gasteiger partial charge in [-0.1, -0.05) is 32.1 Å². The summed E-state index contributed by atoms with van der Waals surface area (Å²) < 4.78 is 71.0. The number of likely N-dealkylation sites (N-methyl/N-ethyl adjacent to an activating group) is 1. The molecule has 1 amide bonds. The van der Waals surface area contributed by atoms with Crippen molar-refractivity contribution >= 4 is 25.3 Å². The van der Waals surface area contributed by atoms with E-state index in [1.54, 1.807) is 11.9 Å². The van der Waals surface area contributed by atoms with Crippen LogP contribution in [0.5, 0.6) is 5.75 Å². The number of ether oxygens (including phenoxy) is 1. The zero-order valence-corrected chi connectivity index (χ0v) is 22.3. The van der Waals surface area contributed by atoms with Crippen LogP contribution in [0.3, 0.4) is 0 Å². The van der Waals surface area contributed by atoms with Gasteiger partial charge in [0.1, 0.15) is 0 Å². The first-order valence-electron chi connectivity index (χ1n) is 13.3. The van der Waals surface area contributed by atoms with E-state index in [4.69, 9.17) is 7.49 Å². The van der Waals surface area contributed by atoms with Crippen LogP contribution in [-0.2, 0) is 9.59 Å². The summed E-state index contributed by atoms with van der Waals surface area (Å²) in [7, 11) is 7.00. The number of hydrogen-bond acceptors (Lipinski definition) is 4. The number of carbonyl (C=O) groups is 2. The molecule has 1 aliphatic rings. The van der Waals surface area contributed by atoms with Crippen molar-refractivity contribution in [3.05, 3.63) is 52.5 Å². The third-order valence-corrected chi connectivity index (χ3v) is 6.38. The Morgan fingerprint density at radius 2 is 1.36 bits per heavy atom. The Morgan fingerprint density at radius 3 is 1.90 bits per heavy atom. The fourth-order valence-corrected chi connectivity index (χ4v) is 3.98. The van der Waals surface area contributed by atoms with Crippen LogP contribution < -0.4 is 10.1 Å². The monoisotopic (exact) mass is 553 g/mol. The fourth-order valence-electron chi connectivity index (χ4n) is 3.98. The fraction of sp³-hybridized carbons (Fsp3) is 0.536. The maximum atomic E-state index is 13.6. The molecule has 0 aromatic heterocycles. The second kappa shape index (κ2) is 16.9. The van der Waals surface area contributed by atoms with Gasteiger partial charge < -0.3 is 4.74 Å². The predicted molar refractivity (Wildman–Crippen MR) is 141 cm³/mol. The molecule has 2 rings (SSSR count). The van der Waals surface area contributed by atoms with E-state index in [-0.39, 0.29) is 12.3 Å². The van der Waals surface area contributed by atoms with E-state index in [0.717, 1.165) is 57.8 Å². The summed E-state index contributed by atoms with van der Waals surface area (Å²) in [6.45, 7) is 1.29. The van der Waals surface area contributed by atoms with E-state index in [0.29, 0.717) is 25.9 Å². The zero-order valence-electron chi connectivity index (χ0n) is 22.3. The van der Waals surface area contributed by atoms with Crippen molar-refractivity contribution in [1.29, 1.82) is 0 Å². The molecule has 213 valence electrons. The molecule has 0 spiro atoms. The Hall–Kier alpha value is -2.98. The Bertz CT molecular complexity index is 1040. The first kappa shape index (κ1) is 32.2. The normalized spacial score (nSPS) is 12.5. The molecule has 1 radical (unpaired) electrons. The molecule has 5 nitrogen and oxygen atoms in total. The SMILES string of the molecule is [B]=C/C=C\C(=O)N(C)CCNC(CCCCCCCCCCC(=O)Oc1c(F)c(F)c(F)c(F)c1F)=C1CC1. The number of allylic oxidation sites excluding steroid dienone is 3. The third-order valence-electron chi connectivity index (χ3n) is 6.38. The van der Waals surface area contributed by atoms with Crippen LogP contribution in [0.1, 0.15) is 77.0 Å². The molecule has 1 fully saturated rings. The van der Waals surface area contributed by atoms with Gasteiger partial charge in [0.25, 0.3) is 0 Å². The predicted octanol–water partition coefficient (Wildman–Crippen LogP) is 5.81. The molecule has 0 saturated heterocycles.